The van der Waals surface area contributed by atoms with E-state index in [1.807, 2.05) is 5.55 Å². The first kappa shape index (κ1) is 7.92. The maximum absolute atomic E-state index is 3.89. The normalized spacial score (nSPS) is 17.7. The summed E-state index contributed by atoms with van der Waals surface area (Å²) in [6.45, 7) is 2.22. The summed E-state index contributed by atoms with van der Waals surface area (Å²) in [5.41, 5.74) is 4.81. The van der Waals surface area contributed by atoms with Crippen LogP contribution in [0.3, 0.4) is 0 Å². The Morgan fingerprint density at radius 2 is 2.50 bits per heavy atom. The molecule has 1 radical (unpaired) electrons. The first-order chi connectivity index (χ1) is 4.93. The van der Waals surface area contributed by atoms with Crippen LogP contribution in [-0.4, -0.2) is 5.55 Å². The molecule has 0 saturated carbocycles. The highest BCUT2D eigenvalue weighted by atomic mass is 32.2. The van der Waals surface area contributed by atoms with Gasteiger partial charge < -0.3 is 0 Å². The van der Waals surface area contributed by atoms with E-state index in [0.717, 1.165) is 0 Å². The molecule has 0 spiro atoms. The molecule has 10 heavy (non-hydrogen) atoms. The van der Waals surface area contributed by atoms with Gasteiger partial charge in [-0.25, -0.2) is 0 Å². The Morgan fingerprint density at radius 1 is 1.60 bits per heavy atom. The number of nitrogens with one attached hydrogen (secondary N) is 1. The van der Waals surface area contributed by atoms with E-state index in [4.69, 9.17) is 0 Å². The fourth-order valence-electron chi connectivity index (χ4n) is 0.865. The molecule has 0 aromatic heterocycles. The van der Waals surface area contributed by atoms with Crippen molar-refractivity contribution in [3.05, 3.63) is 5.37 Å². The lowest BCUT2D eigenvalue weighted by Crippen LogP contribution is -2.05. The van der Waals surface area contributed by atoms with Gasteiger partial charge in [0, 0.05) is 0 Å². The van der Waals surface area contributed by atoms with Crippen molar-refractivity contribution in [1.82, 2.24) is 5.43 Å². The summed E-state index contributed by atoms with van der Waals surface area (Å²) in [7, 11) is 0. The molecule has 0 amide bonds. The Hall–Kier alpha value is -0.180. The molecule has 1 aliphatic rings. The van der Waals surface area contributed by atoms with Crippen LogP contribution in [0, 0.1) is 5.37 Å². The molecule has 3 heteroatoms. The first-order valence-corrected chi connectivity index (χ1v) is 4.61. The van der Waals surface area contributed by atoms with Gasteiger partial charge in [-0.3, -0.25) is 5.43 Å². The van der Waals surface area contributed by atoms with E-state index in [0.29, 0.717) is 0 Å². The molecule has 1 rings (SSSR count). The monoisotopic (exact) mass is 157 g/mol. The fraction of sp³-hybridized carbons (Fsp3) is 0.714. The van der Waals surface area contributed by atoms with Crippen molar-refractivity contribution in [2.24, 2.45) is 5.10 Å². The minimum absolute atomic E-state index is 1.17. The van der Waals surface area contributed by atoms with E-state index in [1.165, 1.54) is 31.1 Å². The Kier molecular flexibility index (Phi) is 3.65. The summed E-state index contributed by atoms with van der Waals surface area (Å²) in [5.74, 6) is 0. The standard InChI is InChI=1S/C7H13N2S/c1-2-3-4-5-7-9-8-6-10-7/h6,9H,2-5H2,1H3. The Balaban J connectivity index is 1.93. The van der Waals surface area contributed by atoms with Crippen LogP contribution < -0.4 is 5.43 Å². The molecule has 0 aliphatic carbocycles. The van der Waals surface area contributed by atoms with Crippen LogP contribution in [0.1, 0.15) is 32.6 Å². The van der Waals surface area contributed by atoms with Crippen molar-refractivity contribution < 1.29 is 0 Å². The number of nitrogens with zero attached hydrogens (tertiary/aromatic N) is 1. The van der Waals surface area contributed by atoms with Crippen molar-refractivity contribution in [2.45, 2.75) is 32.6 Å². The van der Waals surface area contributed by atoms with E-state index >= 15 is 0 Å². The van der Waals surface area contributed by atoms with Crippen LogP contribution in [0.5, 0.6) is 0 Å². The number of thioether (sulfide) groups is 1. The van der Waals surface area contributed by atoms with Gasteiger partial charge in [-0.1, -0.05) is 37.9 Å². The molecule has 0 saturated heterocycles. The average Bonchev–Trinajstić information content (AvgIpc) is 2.41. The number of hydrazone groups is 1. The van der Waals surface area contributed by atoms with Gasteiger partial charge in [-0.15, -0.1) is 0 Å². The molecule has 0 bridgehead atoms. The van der Waals surface area contributed by atoms with Crippen LogP contribution in [0.15, 0.2) is 5.10 Å². The molecular weight excluding hydrogens is 144 g/mol. The highest BCUT2D eigenvalue weighted by Gasteiger charge is 2.10. The summed E-state index contributed by atoms with van der Waals surface area (Å²) in [4.78, 5) is 0. The largest absolute Gasteiger partial charge is 0.290 e. The second kappa shape index (κ2) is 4.61. The van der Waals surface area contributed by atoms with E-state index in [2.05, 4.69) is 17.5 Å². The molecule has 0 fully saturated rings. The minimum Gasteiger partial charge on any atom is -0.290 e. The third-order valence-corrected chi connectivity index (χ3v) is 2.24. The molecule has 57 valence electrons. The van der Waals surface area contributed by atoms with Gasteiger partial charge in [-0.2, -0.15) is 5.10 Å². The highest BCUT2D eigenvalue weighted by molar-refractivity contribution is 8.14. The lowest BCUT2D eigenvalue weighted by molar-refractivity contribution is 0.663. The molecule has 0 aromatic rings. The van der Waals surface area contributed by atoms with E-state index in [1.54, 1.807) is 11.8 Å². The third-order valence-electron chi connectivity index (χ3n) is 1.44. The predicted molar refractivity (Wildman–Crippen MR) is 46.6 cm³/mol. The maximum Gasteiger partial charge on any atom is 0.139 e. The molecule has 1 heterocycles. The van der Waals surface area contributed by atoms with Gasteiger partial charge in [0.2, 0.25) is 0 Å². The molecule has 0 unspecified atom stereocenters. The predicted octanol–water partition coefficient (Wildman–Crippen LogP) is 2.34. The quantitative estimate of drug-likeness (QED) is 0.633. The second-order valence-corrected chi connectivity index (χ2v) is 3.28. The van der Waals surface area contributed by atoms with Gasteiger partial charge >= 0.3 is 0 Å². The molecule has 0 atom stereocenters. The van der Waals surface area contributed by atoms with Crippen molar-refractivity contribution in [2.75, 3.05) is 0 Å². The second-order valence-electron chi connectivity index (χ2n) is 2.34. The highest BCUT2D eigenvalue weighted by Crippen LogP contribution is 2.23. The average molecular weight is 157 g/mol. The zero-order chi connectivity index (χ0) is 7.23. The SMILES string of the molecule is CCCCC[C]1NN=CS1. The van der Waals surface area contributed by atoms with Crippen molar-refractivity contribution >= 4 is 17.3 Å². The van der Waals surface area contributed by atoms with Crippen LogP contribution >= 0.6 is 11.8 Å². The molecule has 1 N–H and O–H groups in total. The topological polar surface area (TPSA) is 24.4 Å². The van der Waals surface area contributed by atoms with Crippen LogP contribution in [0.4, 0.5) is 0 Å². The lowest BCUT2D eigenvalue weighted by Gasteiger charge is -2.04. The smallest absolute Gasteiger partial charge is 0.139 e. The van der Waals surface area contributed by atoms with Crippen molar-refractivity contribution in [3.63, 3.8) is 0 Å². The molecule has 0 aromatic carbocycles. The number of unbranched alkanes of at least 4 members (excludes halogenated alkanes) is 2. The fourth-order valence-corrected chi connectivity index (χ4v) is 1.47. The molecular formula is C7H13N2S. The third kappa shape index (κ3) is 2.60. The van der Waals surface area contributed by atoms with E-state index in [-0.39, 0.29) is 0 Å². The van der Waals surface area contributed by atoms with Crippen LogP contribution in [0.25, 0.3) is 0 Å². The summed E-state index contributed by atoms with van der Waals surface area (Å²) in [5, 5.41) is 5.19. The Bertz CT molecular complexity index is 106. The minimum atomic E-state index is 1.17. The lowest BCUT2D eigenvalue weighted by atomic mass is 10.2. The first-order valence-electron chi connectivity index (χ1n) is 3.73. The number of rotatable bonds is 4. The Labute approximate surface area is 66.5 Å². The van der Waals surface area contributed by atoms with Gasteiger partial charge in [0.1, 0.15) is 5.37 Å². The number of hydrogen-bond acceptors (Lipinski definition) is 3. The van der Waals surface area contributed by atoms with Gasteiger partial charge in [0.25, 0.3) is 0 Å². The van der Waals surface area contributed by atoms with E-state index < -0.39 is 0 Å². The van der Waals surface area contributed by atoms with Crippen LogP contribution in [-0.2, 0) is 0 Å². The molecule has 1 aliphatic heterocycles. The van der Waals surface area contributed by atoms with E-state index in [9.17, 15) is 0 Å². The van der Waals surface area contributed by atoms with Crippen molar-refractivity contribution in [3.8, 4) is 0 Å². The maximum atomic E-state index is 3.89. The van der Waals surface area contributed by atoms with Crippen molar-refractivity contribution in [1.29, 1.82) is 0 Å². The van der Waals surface area contributed by atoms with Gasteiger partial charge in [-0.05, 0) is 6.42 Å². The van der Waals surface area contributed by atoms with Gasteiger partial charge in [0.05, 0.1) is 5.55 Å². The summed E-state index contributed by atoms with van der Waals surface area (Å²) >= 11 is 1.71. The zero-order valence-corrected chi connectivity index (χ0v) is 7.08. The zero-order valence-electron chi connectivity index (χ0n) is 6.26. The summed E-state index contributed by atoms with van der Waals surface area (Å²) < 4.78 is 0. The van der Waals surface area contributed by atoms with Crippen LogP contribution in [0.2, 0.25) is 0 Å². The summed E-state index contributed by atoms with van der Waals surface area (Å²) in [6, 6.07) is 0. The molecule has 2 nitrogen and oxygen atoms in total. The number of hydrogen-bond donors (Lipinski definition) is 1. The Morgan fingerprint density at radius 3 is 3.10 bits per heavy atom. The van der Waals surface area contributed by atoms with Gasteiger partial charge in [0.15, 0.2) is 0 Å². The summed E-state index contributed by atoms with van der Waals surface area (Å²) in [6.07, 6.45) is 5.07.